The minimum atomic E-state index is -3.60. The van der Waals surface area contributed by atoms with Gasteiger partial charge in [-0.3, -0.25) is 4.98 Å². The number of urea groups is 2. The number of amides is 4. The molecule has 0 aromatic carbocycles. The van der Waals surface area contributed by atoms with Crippen molar-refractivity contribution in [3.63, 3.8) is 0 Å². The second-order valence-corrected chi connectivity index (χ2v) is 23.4. The first-order valence-corrected chi connectivity index (χ1v) is 24.8. The van der Waals surface area contributed by atoms with E-state index in [0.717, 1.165) is 101 Å². The topological polar surface area (TPSA) is 234 Å². The Kier molecular flexibility index (Phi) is 12.5. The minimum Gasteiger partial charge on any atom is -0.386 e. The van der Waals surface area contributed by atoms with Crippen LogP contribution in [0.5, 0.6) is 0 Å². The number of nitrogens with zero attached hydrogens (tertiary/aromatic N) is 3. The van der Waals surface area contributed by atoms with Gasteiger partial charge < -0.3 is 26.2 Å². The van der Waals surface area contributed by atoms with Crippen LogP contribution in [-0.4, -0.2) is 41.2 Å². The number of rotatable bonds is 11. The fourth-order valence-corrected chi connectivity index (χ4v) is 13.0. The van der Waals surface area contributed by atoms with E-state index in [1.54, 1.807) is 38.5 Å². The van der Waals surface area contributed by atoms with Crippen molar-refractivity contribution in [1.29, 1.82) is 0 Å². The number of aromatic nitrogens is 1. The maximum atomic E-state index is 13.7. The van der Waals surface area contributed by atoms with Gasteiger partial charge in [0.1, 0.15) is 8.42 Å². The average molecular weight is 887 g/mol. The van der Waals surface area contributed by atoms with Crippen LogP contribution in [0.3, 0.4) is 0 Å². The van der Waals surface area contributed by atoms with Crippen molar-refractivity contribution >= 4 is 60.3 Å². The van der Waals surface area contributed by atoms with E-state index in [2.05, 4.69) is 38.5 Å². The number of pyridine rings is 1. The number of aliphatic hydroxyl groups is 2. The van der Waals surface area contributed by atoms with E-state index in [1.807, 2.05) is 20.8 Å². The summed E-state index contributed by atoms with van der Waals surface area (Å²) in [6, 6.07) is 1.43. The van der Waals surface area contributed by atoms with Crippen molar-refractivity contribution < 1.29 is 28.2 Å². The number of thiophene rings is 2. The standard InChI is InChI=1S/C41H58N8O6S4/c1-22(2)33-30(44-29-14-10-12-27(29)35(33)45-37(50)48-58(42,54)31-18-25(20-56-31)39(5,6)52)16-15-23(3)34-24(4)47-41(9)17-11-13-28(41)36(34)46-38(51)49-59(43,55)32-19-26(21-57-32)40(7,8)53/h18-23,47,52-53H,10-17H2,1-9H3,(H3,43,46,49,51,55)(H3,42,44,45,48,50,54). The Bertz CT molecular complexity index is 2500. The summed E-state index contributed by atoms with van der Waals surface area (Å²) in [5, 5.41) is 46.2. The van der Waals surface area contributed by atoms with Gasteiger partial charge in [-0.05, 0) is 155 Å². The maximum Gasteiger partial charge on any atom is 0.354 e. The molecule has 1 saturated carbocycles. The van der Waals surface area contributed by atoms with E-state index in [1.165, 1.54) is 12.1 Å². The highest BCUT2D eigenvalue weighted by atomic mass is 32.2. The minimum absolute atomic E-state index is 0.0352. The predicted octanol–water partition coefficient (Wildman–Crippen LogP) is 7.96. The summed E-state index contributed by atoms with van der Waals surface area (Å²) in [5.41, 5.74) is 6.15. The average Bonchev–Trinajstić information content (AvgIpc) is 3.92. The molecule has 59 heavy (non-hydrogen) atoms. The molecule has 4 atom stereocenters. The highest BCUT2D eigenvalue weighted by molar-refractivity contribution is 7.94. The van der Waals surface area contributed by atoms with Gasteiger partial charge >= 0.3 is 12.1 Å². The second-order valence-electron chi connectivity index (χ2n) is 17.5. The summed E-state index contributed by atoms with van der Waals surface area (Å²) in [7, 11) is -7.20. The number of hydrogen-bond acceptors (Lipinski definition) is 10. The summed E-state index contributed by atoms with van der Waals surface area (Å²) >= 11 is 2.17. The van der Waals surface area contributed by atoms with Crippen molar-refractivity contribution in [2.75, 3.05) is 5.32 Å². The molecular formula is C41H58N8O6S4. The molecule has 3 aromatic rings. The summed E-state index contributed by atoms with van der Waals surface area (Å²) in [4.78, 5) is 32.4. The number of dihydropyridines is 1. The zero-order valence-electron chi connectivity index (χ0n) is 35.3. The molecule has 6 rings (SSSR count). The number of hydrogen-bond donors (Lipinski definition) is 7. The molecule has 4 unspecified atom stereocenters. The predicted molar refractivity (Wildman–Crippen MR) is 236 cm³/mol. The van der Waals surface area contributed by atoms with Gasteiger partial charge in [-0.25, -0.2) is 28.3 Å². The van der Waals surface area contributed by atoms with Crippen LogP contribution in [0, 0.1) is 5.92 Å². The first-order chi connectivity index (χ1) is 27.3. The van der Waals surface area contributed by atoms with Crippen molar-refractivity contribution in [1.82, 2.24) is 15.6 Å². The Morgan fingerprint density at radius 1 is 0.932 bits per heavy atom. The lowest BCUT2D eigenvalue weighted by atomic mass is 9.81. The fourth-order valence-electron chi connectivity index (χ4n) is 8.45. The Hall–Kier alpha value is -3.49. The van der Waals surface area contributed by atoms with Crippen LogP contribution in [0.25, 0.3) is 0 Å². The summed E-state index contributed by atoms with van der Waals surface area (Å²) in [6.07, 6.45) is 6.13. The molecule has 2 aliphatic carbocycles. The van der Waals surface area contributed by atoms with Crippen LogP contribution < -0.4 is 26.2 Å². The monoisotopic (exact) mass is 886 g/mol. The van der Waals surface area contributed by atoms with Gasteiger partial charge in [0, 0.05) is 28.3 Å². The molecular weight excluding hydrogens is 829 g/mol. The first kappa shape index (κ1) is 45.0. The van der Waals surface area contributed by atoms with Crippen LogP contribution in [-0.2, 0) is 50.3 Å². The second kappa shape index (κ2) is 16.4. The highest BCUT2D eigenvalue weighted by Gasteiger charge is 2.42. The van der Waals surface area contributed by atoms with Crippen LogP contribution in [0.1, 0.15) is 134 Å². The number of carbonyl (C=O) groups is 2. The largest absolute Gasteiger partial charge is 0.386 e. The lowest BCUT2D eigenvalue weighted by Gasteiger charge is -2.39. The molecule has 3 aromatic heterocycles. The van der Waals surface area contributed by atoms with Gasteiger partial charge in [-0.2, -0.15) is 0 Å². The molecule has 0 bridgehead atoms. The molecule has 14 nitrogen and oxygen atoms in total. The van der Waals surface area contributed by atoms with E-state index in [-0.39, 0.29) is 25.8 Å². The lowest BCUT2D eigenvalue weighted by molar-refractivity contribution is 0.0784. The fraction of sp³-hybridized carbons (Fsp3) is 0.537. The molecule has 322 valence electrons. The molecule has 9 N–H and O–H groups in total. The van der Waals surface area contributed by atoms with E-state index in [0.29, 0.717) is 35.4 Å². The van der Waals surface area contributed by atoms with Gasteiger partial charge in [0.05, 0.1) is 22.4 Å². The van der Waals surface area contributed by atoms with Crippen molar-refractivity contribution in [2.45, 2.75) is 145 Å². The van der Waals surface area contributed by atoms with Crippen LogP contribution in [0.4, 0.5) is 15.3 Å². The van der Waals surface area contributed by atoms with E-state index >= 15 is 0 Å². The lowest BCUT2D eigenvalue weighted by Crippen LogP contribution is -2.46. The third-order valence-corrected chi connectivity index (χ3v) is 17.2. The summed E-state index contributed by atoms with van der Waals surface area (Å²) in [5.74, 6) is -0.124. The van der Waals surface area contributed by atoms with Crippen molar-refractivity contribution in [3.8, 4) is 0 Å². The molecule has 3 aliphatic rings. The maximum absolute atomic E-state index is 13.7. The van der Waals surface area contributed by atoms with Crippen molar-refractivity contribution in [2.24, 2.45) is 24.9 Å². The summed E-state index contributed by atoms with van der Waals surface area (Å²) in [6.45, 7) is 16.8. The van der Waals surface area contributed by atoms with E-state index in [4.69, 9.17) is 15.3 Å². The quantitative estimate of drug-likeness (QED) is 0.0995. The van der Waals surface area contributed by atoms with Gasteiger partial charge in [-0.1, -0.05) is 20.8 Å². The summed E-state index contributed by atoms with van der Waals surface area (Å²) < 4.78 is 35.5. The van der Waals surface area contributed by atoms with Gasteiger partial charge in [0.2, 0.25) is 0 Å². The van der Waals surface area contributed by atoms with Crippen LogP contribution in [0.15, 0.2) is 62.6 Å². The molecule has 4 heterocycles. The Labute approximate surface area is 356 Å². The first-order valence-electron chi connectivity index (χ1n) is 19.9. The zero-order valence-corrected chi connectivity index (χ0v) is 38.5. The number of nitrogens with two attached hydrogens (primary N) is 2. The number of nitrogens with one attached hydrogen (secondary N) is 3. The number of aryl methyl sites for hydroxylation is 2. The third-order valence-electron chi connectivity index (χ3n) is 11.5. The Morgan fingerprint density at radius 3 is 2.02 bits per heavy atom. The van der Waals surface area contributed by atoms with Gasteiger partial charge in [-0.15, -0.1) is 31.4 Å². The normalized spacial score (nSPS) is 20.7. The number of anilines is 1. The SMILES string of the molecule is CC1=C(C(C)CCc2nc3c(c(NC(=O)N=S(N)(=O)c4cc(C(C)(C)O)cs4)c2C(C)C)CCC3)C(NC(=O)N=S(N)(=O)c2cc(C(C)(C)O)cs2)=C2CCCC2(C)N1. The van der Waals surface area contributed by atoms with E-state index in [9.17, 15) is 28.2 Å². The Balaban J connectivity index is 1.29. The number of allylic oxidation sites excluding steroid dienone is 2. The van der Waals surface area contributed by atoms with Crippen LogP contribution in [0.2, 0.25) is 0 Å². The smallest absolute Gasteiger partial charge is 0.354 e. The van der Waals surface area contributed by atoms with Gasteiger partial charge in [0.15, 0.2) is 19.8 Å². The molecule has 0 radical (unpaired) electrons. The third kappa shape index (κ3) is 9.54. The van der Waals surface area contributed by atoms with Gasteiger partial charge in [0.25, 0.3) is 0 Å². The molecule has 0 spiro atoms. The van der Waals surface area contributed by atoms with Crippen LogP contribution >= 0.6 is 22.7 Å². The highest BCUT2D eigenvalue weighted by Crippen LogP contribution is 2.45. The zero-order chi connectivity index (χ0) is 43.5. The molecule has 1 fully saturated rings. The molecule has 18 heteroatoms. The van der Waals surface area contributed by atoms with Crippen molar-refractivity contribution in [3.05, 3.63) is 79.1 Å². The molecule has 0 saturated heterocycles. The molecule has 4 amide bonds. The molecule has 1 aliphatic heterocycles. The Morgan fingerprint density at radius 2 is 1.49 bits per heavy atom. The number of fused-ring (bicyclic) bond motifs is 2. The number of carbonyl (C=O) groups excluding carboxylic acids is 2. The van der Waals surface area contributed by atoms with E-state index < -0.39 is 43.1 Å².